The molecule has 7 heteroatoms. The van der Waals surface area contributed by atoms with Gasteiger partial charge >= 0.3 is 0 Å². The van der Waals surface area contributed by atoms with Gasteiger partial charge < -0.3 is 19.5 Å². The van der Waals surface area contributed by atoms with Gasteiger partial charge in [-0.1, -0.05) is 60.5 Å². The lowest BCUT2D eigenvalue weighted by Crippen LogP contribution is -2.34. The third-order valence-electron chi connectivity index (χ3n) is 6.23. The van der Waals surface area contributed by atoms with E-state index in [1.807, 2.05) is 59.5 Å². The number of benzene rings is 2. The first-order valence-corrected chi connectivity index (χ1v) is 11.8. The van der Waals surface area contributed by atoms with Gasteiger partial charge in [-0.2, -0.15) is 0 Å². The van der Waals surface area contributed by atoms with Gasteiger partial charge in [0.25, 0.3) is 5.91 Å². The molecule has 0 radical (unpaired) electrons. The fourth-order valence-electron chi connectivity index (χ4n) is 4.33. The maximum absolute atomic E-state index is 13.2. The van der Waals surface area contributed by atoms with Gasteiger partial charge in [0.1, 0.15) is 5.75 Å². The number of carbonyl (C=O) groups excluding carboxylic acids is 2. The van der Waals surface area contributed by atoms with E-state index in [0.717, 1.165) is 42.6 Å². The van der Waals surface area contributed by atoms with Crippen molar-refractivity contribution >= 4 is 11.8 Å². The van der Waals surface area contributed by atoms with Crippen LogP contribution in [0, 0.1) is 5.92 Å². The molecule has 3 aromatic rings. The summed E-state index contributed by atoms with van der Waals surface area (Å²) in [5.41, 5.74) is 2.38. The van der Waals surface area contributed by atoms with Crippen molar-refractivity contribution in [3.05, 3.63) is 83.2 Å². The first-order chi connectivity index (χ1) is 16.6. The number of ether oxygens (including phenoxy) is 1. The topological polar surface area (TPSA) is 84.7 Å². The lowest BCUT2D eigenvalue weighted by molar-refractivity contribution is -0.137. The molecule has 0 saturated heterocycles. The van der Waals surface area contributed by atoms with Crippen LogP contribution >= 0.6 is 0 Å². The Kier molecular flexibility index (Phi) is 7.96. The standard InChI is InChI=1S/C27H31N3O4/c1-33-23-13-11-20(12-14-23)15-16-28-26(31)25-17-24(34-29-25)19-30(18-21-7-3-2-4-8-21)27(32)22-9-5-6-10-22/h2-4,7-8,11-14,17,22H,5-6,9-10,15-16,18-19H2,1H3,(H,28,31). The Hall–Kier alpha value is -3.61. The molecule has 4 rings (SSSR count). The minimum atomic E-state index is -0.291. The van der Waals surface area contributed by atoms with Gasteiger partial charge in [-0.05, 0) is 42.5 Å². The Bertz CT molecular complexity index is 1070. The summed E-state index contributed by atoms with van der Waals surface area (Å²) in [6.45, 7) is 1.27. The highest BCUT2D eigenvalue weighted by molar-refractivity contribution is 5.92. The molecule has 34 heavy (non-hydrogen) atoms. The molecule has 178 valence electrons. The predicted octanol–water partition coefficient (Wildman–Crippen LogP) is 4.37. The van der Waals surface area contributed by atoms with Crippen LogP contribution in [0.3, 0.4) is 0 Å². The summed E-state index contributed by atoms with van der Waals surface area (Å²) >= 11 is 0. The lowest BCUT2D eigenvalue weighted by Gasteiger charge is -2.24. The Labute approximate surface area is 200 Å². The zero-order valence-electron chi connectivity index (χ0n) is 19.5. The number of hydrogen-bond acceptors (Lipinski definition) is 5. The van der Waals surface area contributed by atoms with E-state index >= 15 is 0 Å². The molecule has 1 aliphatic rings. The van der Waals surface area contributed by atoms with Crippen LogP contribution in [0.25, 0.3) is 0 Å². The van der Waals surface area contributed by atoms with Gasteiger partial charge in [0.15, 0.2) is 11.5 Å². The maximum atomic E-state index is 13.2. The Morgan fingerprint density at radius 2 is 1.76 bits per heavy atom. The van der Waals surface area contributed by atoms with E-state index in [0.29, 0.717) is 25.3 Å². The molecular formula is C27H31N3O4. The molecule has 1 aromatic heterocycles. The summed E-state index contributed by atoms with van der Waals surface area (Å²) in [7, 11) is 1.63. The van der Waals surface area contributed by atoms with E-state index in [1.165, 1.54) is 0 Å². The Balaban J connectivity index is 1.35. The summed E-state index contributed by atoms with van der Waals surface area (Å²) in [5.74, 6) is 1.22. The van der Waals surface area contributed by atoms with Gasteiger partial charge in [0, 0.05) is 25.1 Å². The molecule has 7 nitrogen and oxygen atoms in total. The molecule has 0 aliphatic heterocycles. The number of methoxy groups -OCH3 is 1. The van der Waals surface area contributed by atoms with Crippen molar-refractivity contribution in [3.63, 3.8) is 0 Å². The second-order valence-corrected chi connectivity index (χ2v) is 8.69. The minimum Gasteiger partial charge on any atom is -0.497 e. The van der Waals surface area contributed by atoms with Crippen LogP contribution in [0.4, 0.5) is 0 Å². The summed E-state index contributed by atoms with van der Waals surface area (Å²) in [4.78, 5) is 27.5. The van der Waals surface area contributed by atoms with Crippen LogP contribution in [0.15, 0.2) is 65.2 Å². The van der Waals surface area contributed by atoms with E-state index in [4.69, 9.17) is 9.26 Å². The molecule has 2 aromatic carbocycles. The van der Waals surface area contributed by atoms with E-state index < -0.39 is 0 Å². The molecule has 1 saturated carbocycles. The average molecular weight is 462 g/mol. The number of nitrogens with zero attached hydrogens (tertiary/aromatic N) is 2. The second-order valence-electron chi connectivity index (χ2n) is 8.69. The third-order valence-corrected chi connectivity index (χ3v) is 6.23. The van der Waals surface area contributed by atoms with Crippen molar-refractivity contribution < 1.29 is 18.8 Å². The van der Waals surface area contributed by atoms with Crippen LogP contribution in [0.5, 0.6) is 5.75 Å². The Morgan fingerprint density at radius 1 is 1.03 bits per heavy atom. The lowest BCUT2D eigenvalue weighted by atomic mass is 10.1. The molecule has 2 amide bonds. The quantitative estimate of drug-likeness (QED) is 0.485. The van der Waals surface area contributed by atoms with Crippen LogP contribution < -0.4 is 10.1 Å². The number of carbonyl (C=O) groups is 2. The molecule has 1 aliphatic carbocycles. The van der Waals surface area contributed by atoms with Crippen LogP contribution in [0.2, 0.25) is 0 Å². The van der Waals surface area contributed by atoms with Crippen LogP contribution in [-0.2, 0) is 24.3 Å². The number of rotatable bonds is 10. The second kappa shape index (κ2) is 11.5. The zero-order valence-corrected chi connectivity index (χ0v) is 19.5. The zero-order chi connectivity index (χ0) is 23.8. The monoisotopic (exact) mass is 461 g/mol. The van der Waals surface area contributed by atoms with Gasteiger partial charge in [0.2, 0.25) is 5.91 Å². The maximum Gasteiger partial charge on any atom is 0.273 e. The van der Waals surface area contributed by atoms with Crippen LogP contribution in [-0.4, -0.2) is 35.5 Å². The number of aromatic nitrogens is 1. The number of nitrogens with one attached hydrogen (secondary N) is 1. The highest BCUT2D eigenvalue weighted by Gasteiger charge is 2.28. The summed E-state index contributed by atoms with van der Waals surface area (Å²) in [5, 5.41) is 6.82. The normalized spacial score (nSPS) is 13.6. The molecule has 0 bridgehead atoms. The molecule has 1 N–H and O–H groups in total. The first kappa shape index (κ1) is 23.5. The predicted molar refractivity (Wildman–Crippen MR) is 128 cm³/mol. The third kappa shape index (κ3) is 6.25. The van der Waals surface area contributed by atoms with Gasteiger partial charge in [0.05, 0.1) is 13.7 Å². The highest BCUT2D eigenvalue weighted by atomic mass is 16.5. The van der Waals surface area contributed by atoms with Crippen molar-refractivity contribution in [2.45, 2.75) is 45.2 Å². The molecular weight excluding hydrogens is 430 g/mol. The van der Waals surface area contributed by atoms with E-state index in [9.17, 15) is 9.59 Å². The van der Waals surface area contributed by atoms with E-state index in [2.05, 4.69) is 10.5 Å². The largest absolute Gasteiger partial charge is 0.497 e. The van der Waals surface area contributed by atoms with Crippen molar-refractivity contribution in [3.8, 4) is 5.75 Å². The molecule has 1 heterocycles. The van der Waals surface area contributed by atoms with Gasteiger partial charge in [-0.25, -0.2) is 0 Å². The Morgan fingerprint density at radius 3 is 2.47 bits per heavy atom. The molecule has 0 unspecified atom stereocenters. The number of hydrogen-bond donors (Lipinski definition) is 1. The number of amides is 2. The smallest absolute Gasteiger partial charge is 0.273 e. The van der Waals surface area contributed by atoms with Crippen molar-refractivity contribution in [2.75, 3.05) is 13.7 Å². The van der Waals surface area contributed by atoms with E-state index in [1.54, 1.807) is 13.2 Å². The van der Waals surface area contributed by atoms with Crippen LogP contribution in [0.1, 0.15) is 53.1 Å². The summed E-state index contributed by atoms with van der Waals surface area (Å²) in [6.07, 6.45) is 4.75. The average Bonchev–Trinajstić information content (AvgIpc) is 3.57. The van der Waals surface area contributed by atoms with Crippen molar-refractivity contribution in [1.29, 1.82) is 0 Å². The first-order valence-electron chi connectivity index (χ1n) is 11.8. The highest BCUT2D eigenvalue weighted by Crippen LogP contribution is 2.28. The van der Waals surface area contributed by atoms with E-state index in [-0.39, 0.29) is 30.0 Å². The molecule has 1 fully saturated rings. The summed E-state index contributed by atoms with van der Waals surface area (Å²) < 4.78 is 10.6. The molecule has 0 atom stereocenters. The fourth-order valence-corrected chi connectivity index (χ4v) is 4.33. The SMILES string of the molecule is COc1ccc(CCNC(=O)c2cc(CN(Cc3ccccc3)C(=O)C3CCCC3)on2)cc1. The fraction of sp³-hybridized carbons (Fsp3) is 0.370. The van der Waals surface area contributed by atoms with Gasteiger partial charge in [-0.15, -0.1) is 0 Å². The molecule has 0 spiro atoms. The van der Waals surface area contributed by atoms with Crippen molar-refractivity contribution in [2.24, 2.45) is 5.92 Å². The van der Waals surface area contributed by atoms with Gasteiger partial charge in [-0.3, -0.25) is 9.59 Å². The summed E-state index contributed by atoms with van der Waals surface area (Å²) in [6, 6.07) is 19.3. The van der Waals surface area contributed by atoms with Crippen molar-refractivity contribution in [1.82, 2.24) is 15.4 Å². The minimum absolute atomic E-state index is 0.0624.